The van der Waals surface area contributed by atoms with E-state index in [0.717, 1.165) is 11.1 Å². The van der Waals surface area contributed by atoms with Gasteiger partial charge in [-0.1, -0.05) is 0 Å². The first-order valence-electron chi connectivity index (χ1n) is 10.2. The molecule has 1 amide bonds. The maximum Gasteiger partial charge on any atom is 0.410 e. The Balaban J connectivity index is 1.52. The van der Waals surface area contributed by atoms with Gasteiger partial charge in [-0.15, -0.1) is 0 Å². The van der Waals surface area contributed by atoms with Crippen LogP contribution in [-0.4, -0.2) is 73.4 Å². The molecule has 31 heavy (non-hydrogen) atoms. The number of hydrogen-bond acceptors (Lipinski definition) is 7. The van der Waals surface area contributed by atoms with Gasteiger partial charge >= 0.3 is 6.09 Å². The van der Waals surface area contributed by atoms with Gasteiger partial charge in [0.2, 0.25) is 5.88 Å². The highest BCUT2D eigenvalue weighted by atomic mass is 16.6. The topological polar surface area (TPSA) is 96.0 Å². The number of likely N-dealkylation sites (N-methyl/N-ethyl adjacent to an activating group) is 1. The van der Waals surface area contributed by atoms with Gasteiger partial charge in [0.05, 0.1) is 43.5 Å². The highest BCUT2D eigenvalue weighted by Crippen LogP contribution is 2.26. The summed E-state index contributed by atoms with van der Waals surface area (Å²) in [6.45, 7) is 6.39. The van der Waals surface area contributed by atoms with Crippen LogP contribution in [0.15, 0.2) is 30.9 Å². The largest absolute Gasteiger partial charge is 0.470 e. The molecule has 1 saturated heterocycles. The fraction of sp³-hybridized carbons (Fsp3) is 0.524. The minimum absolute atomic E-state index is 0.156. The van der Waals surface area contributed by atoms with Crippen molar-refractivity contribution in [2.75, 3.05) is 20.3 Å². The number of aryl methyl sites for hydroxylation is 1. The predicted molar refractivity (Wildman–Crippen MR) is 113 cm³/mol. The molecule has 1 aliphatic rings. The van der Waals surface area contributed by atoms with E-state index in [9.17, 15) is 4.79 Å². The predicted octanol–water partition coefficient (Wildman–Crippen LogP) is 2.53. The molecule has 1 aliphatic heterocycles. The molecule has 3 aromatic rings. The monoisotopic (exact) mass is 428 g/mol. The Morgan fingerprint density at radius 1 is 1.26 bits per heavy atom. The van der Waals surface area contributed by atoms with Crippen molar-refractivity contribution in [2.45, 2.75) is 44.9 Å². The van der Waals surface area contributed by atoms with Crippen LogP contribution in [0.2, 0.25) is 0 Å². The molecule has 3 aromatic heterocycles. The molecule has 0 aromatic carbocycles. The third kappa shape index (κ3) is 4.79. The van der Waals surface area contributed by atoms with Crippen molar-refractivity contribution in [1.29, 1.82) is 0 Å². The molecule has 4 heterocycles. The summed E-state index contributed by atoms with van der Waals surface area (Å²) in [5.74, 6) is 0.466. The summed E-state index contributed by atoms with van der Waals surface area (Å²) < 4.78 is 20.9. The summed E-state index contributed by atoms with van der Waals surface area (Å²) in [5.41, 5.74) is 1.78. The average Bonchev–Trinajstić information content (AvgIpc) is 3.35. The first-order valence-corrected chi connectivity index (χ1v) is 10.2. The second-order valence-corrected chi connectivity index (χ2v) is 8.75. The van der Waals surface area contributed by atoms with Crippen LogP contribution >= 0.6 is 0 Å². The summed E-state index contributed by atoms with van der Waals surface area (Å²) in [6.07, 6.45) is 7.14. The molecule has 166 valence electrons. The number of carbonyl (C=O) groups is 1. The normalized spacial score (nSPS) is 19.4. The van der Waals surface area contributed by atoms with Crippen molar-refractivity contribution in [3.05, 3.63) is 30.9 Å². The van der Waals surface area contributed by atoms with Gasteiger partial charge < -0.3 is 19.1 Å². The number of hydrogen-bond donors (Lipinski definition) is 0. The van der Waals surface area contributed by atoms with Crippen molar-refractivity contribution in [3.63, 3.8) is 0 Å². The van der Waals surface area contributed by atoms with Gasteiger partial charge in [-0.25, -0.2) is 14.3 Å². The molecule has 1 unspecified atom stereocenters. The lowest BCUT2D eigenvalue weighted by Crippen LogP contribution is -2.49. The van der Waals surface area contributed by atoms with Crippen molar-refractivity contribution in [2.24, 2.45) is 7.05 Å². The molecular formula is C21H28N6O4. The Morgan fingerprint density at radius 3 is 2.77 bits per heavy atom. The highest BCUT2D eigenvalue weighted by molar-refractivity contribution is 5.68. The fourth-order valence-corrected chi connectivity index (χ4v) is 3.45. The van der Waals surface area contributed by atoms with Gasteiger partial charge in [-0.05, 0) is 26.8 Å². The Hall–Kier alpha value is -3.14. The zero-order chi connectivity index (χ0) is 22.2. The van der Waals surface area contributed by atoms with Gasteiger partial charge in [-0.3, -0.25) is 4.68 Å². The fourth-order valence-electron chi connectivity index (χ4n) is 3.45. The number of carbonyl (C=O) groups excluding carboxylic acids is 1. The molecule has 0 radical (unpaired) electrons. The summed E-state index contributed by atoms with van der Waals surface area (Å²) in [6, 6.07) is 1.69. The lowest BCUT2D eigenvalue weighted by Gasteiger charge is -2.35. The van der Waals surface area contributed by atoms with Gasteiger partial charge in [0.15, 0.2) is 0 Å². The third-order valence-electron chi connectivity index (χ3n) is 5.01. The summed E-state index contributed by atoms with van der Waals surface area (Å²) >= 11 is 0. The van der Waals surface area contributed by atoms with E-state index in [4.69, 9.17) is 19.2 Å². The van der Waals surface area contributed by atoms with Crippen LogP contribution in [0.25, 0.3) is 16.8 Å². The van der Waals surface area contributed by atoms with E-state index in [1.807, 2.05) is 46.3 Å². The Labute approximate surface area is 180 Å². The lowest BCUT2D eigenvalue weighted by atomic mass is 10.1. The number of ether oxygens (including phenoxy) is 3. The van der Waals surface area contributed by atoms with Gasteiger partial charge in [0.1, 0.15) is 17.2 Å². The number of nitrogens with zero attached hydrogens (tertiary/aromatic N) is 6. The number of rotatable bonds is 4. The Kier molecular flexibility index (Phi) is 5.57. The molecule has 4 rings (SSSR count). The van der Waals surface area contributed by atoms with Crippen molar-refractivity contribution in [1.82, 2.24) is 29.3 Å². The van der Waals surface area contributed by atoms with E-state index < -0.39 is 5.60 Å². The SMILES string of the molecule is CN(C(=O)OC(C)(C)C)C1COC[C@H](Oc2nc(-c3cnn(C)c3)cn3nccc23)C1. The molecule has 1 fully saturated rings. The molecule has 10 nitrogen and oxygen atoms in total. The van der Waals surface area contributed by atoms with E-state index in [0.29, 0.717) is 31.2 Å². The van der Waals surface area contributed by atoms with Crippen molar-refractivity contribution >= 4 is 11.6 Å². The number of fused-ring (bicyclic) bond motifs is 1. The lowest BCUT2D eigenvalue weighted by molar-refractivity contribution is -0.0464. The minimum atomic E-state index is -0.555. The smallest absolute Gasteiger partial charge is 0.410 e. The third-order valence-corrected chi connectivity index (χ3v) is 5.01. The van der Waals surface area contributed by atoms with Crippen molar-refractivity contribution < 1.29 is 19.0 Å². The molecular weight excluding hydrogens is 400 g/mol. The van der Waals surface area contributed by atoms with Crippen LogP contribution in [0, 0.1) is 0 Å². The molecule has 0 bridgehead atoms. The van der Waals surface area contributed by atoms with E-state index in [1.165, 1.54) is 0 Å². The zero-order valence-electron chi connectivity index (χ0n) is 18.5. The Bertz CT molecular complexity index is 1070. The van der Waals surface area contributed by atoms with Crippen molar-refractivity contribution in [3.8, 4) is 17.1 Å². The van der Waals surface area contributed by atoms with Crippen LogP contribution in [0.4, 0.5) is 4.79 Å². The van der Waals surface area contributed by atoms with Crippen LogP contribution in [-0.2, 0) is 16.5 Å². The van der Waals surface area contributed by atoms with Crippen LogP contribution in [0.1, 0.15) is 27.2 Å². The van der Waals surface area contributed by atoms with E-state index in [1.54, 1.807) is 33.5 Å². The maximum atomic E-state index is 12.4. The molecule has 2 atom stereocenters. The first kappa shape index (κ1) is 21.1. The molecule has 0 aliphatic carbocycles. The van der Waals surface area contributed by atoms with E-state index in [2.05, 4.69) is 10.2 Å². The molecule has 0 spiro atoms. The molecule has 0 N–H and O–H groups in total. The van der Waals surface area contributed by atoms with Gasteiger partial charge in [0, 0.05) is 32.3 Å². The average molecular weight is 428 g/mol. The molecule has 10 heteroatoms. The first-order chi connectivity index (χ1) is 14.7. The number of aromatic nitrogens is 5. The Morgan fingerprint density at radius 2 is 2.06 bits per heavy atom. The second kappa shape index (κ2) is 8.18. The van der Waals surface area contributed by atoms with Crippen LogP contribution in [0.5, 0.6) is 5.88 Å². The highest BCUT2D eigenvalue weighted by Gasteiger charge is 2.32. The quantitative estimate of drug-likeness (QED) is 0.630. The van der Waals surface area contributed by atoms with Gasteiger partial charge in [0.25, 0.3) is 0 Å². The maximum absolute atomic E-state index is 12.4. The van der Waals surface area contributed by atoms with E-state index >= 15 is 0 Å². The zero-order valence-corrected chi connectivity index (χ0v) is 18.5. The van der Waals surface area contributed by atoms with Crippen LogP contribution in [0.3, 0.4) is 0 Å². The number of amides is 1. The standard InChI is InChI=1S/C21H28N6O4/c1-21(2,3)31-20(28)26(5)15-8-16(13-29-12-15)30-19-18-6-7-22-27(18)11-17(24-19)14-9-23-25(4)10-14/h6-7,9-11,15-16H,8,12-13H2,1-5H3/t15?,16-/m1/s1. The van der Waals surface area contributed by atoms with E-state index in [-0.39, 0.29) is 18.2 Å². The summed E-state index contributed by atoms with van der Waals surface area (Å²) in [5, 5.41) is 8.55. The minimum Gasteiger partial charge on any atom is -0.470 e. The second-order valence-electron chi connectivity index (χ2n) is 8.75. The summed E-state index contributed by atoms with van der Waals surface area (Å²) in [4.78, 5) is 18.7. The molecule has 0 saturated carbocycles. The van der Waals surface area contributed by atoms with Crippen LogP contribution < -0.4 is 4.74 Å². The summed E-state index contributed by atoms with van der Waals surface area (Å²) in [7, 11) is 3.58. The van der Waals surface area contributed by atoms with Gasteiger partial charge in [-0.2, -0.15) is 10.2 Å².